The van der Waals surface area contributed by atoms with Gasteiger partial charge in [-0.15, -0.1) is 0 Å². The Morgan fingerprint density at radius 1 is 1.09 bits per heavy atom. The van der Waals surface area contributed by atoms with Gasteiger partial charge in [0.25, 0.3) is 0 Å². The van der Waals surface area contributed by atoms with Gasteiger partial charge in [0.2, 0.25) is 11.8 Å². The van der Waals surface area contributed by atoms with Crippen LogP contribution >= 0.6 is 0 Å². The number of nitrogens with two attached hydrogens (primary N) is 1. The van der Waals surface area contributed by atoms with E-state index in [1.54, 1.807) is 54.7 Å². The Hall–Kier alpha value is -4.27. The lowest BCUT2D eigenvalue weighted by Gasteiger charge is -2.15. The molecule has 0 fully saturated rings. The maximum absolute atomic E-state index is 12.5. The summed E-state index contributed by atoms with van der Waals surface area (Å²) in [5.41, 5.74) is 7.80. The minimum Gasteiger partial charge on any atom is -0.493 e. The summed E-state index contributed by atoms with van der Waals surface area (Å²) in [5.74, 6) is -0.604. The lowest BCUT2D eigenvalue weighted by molar-refractivity contribution is -0.127. The molecule has 9 nitrogen and oxygen atoms in total. The van der Waals surface area contributed by atoms with Crippen LogP contribution in [-0.2, 0) is 16.0 Å². The van der Waals surface area contributed by atoms with E-state index in [1.807, 2.05) is 0 Å². The molecule has 0 bridgehead atoms. The van der Waals surface area contributed by atoms with Crippen molar-refractivity contribution in [3.63, 3.8) is 0 Å². The van der Waals surface area contributed by atoms with Crippen molar-refractivity contribution in [3.8, 4) is 5.75 Å². The number of hydrogen-bond donors (Lipinski definition) is 3. The van der Waals surface area contributed by atoms with E-state index in [0.29, 0.717) is 28.3 Å². The summed E-state index contributed by atoms with van der Waals surface area (Å²) in [4.78, 5) is 46.8. The molecule has 0 saturated heterocycles. The second-order valence-corrected chi connectivity index (χ2v) is 6.96. The number of imidazole rings is 1. The third-order valence-corrected chi connectivity index (χ3v) is 4.68. The van der Waals surface area contributed by atoms with Crippen LogP contribution in [0.5, 0.6) is 5.75 Å². The van der Waals surface area contributed by atoms with Gasteiger partial charge in [-0.2, -0.15) is 0 Å². The summed E-state index contributed by atoms with van der Waals surface area (Å²) in [5, 5.41) is 2.59. The molecule has 1 aromatic heterocycles. The van der Waals surface area contributed by atoms with Crippen molar-refractivity contribution in [2.75, 3.05) is 6.61 Å². The van der Waals surface area contributed by atoms with E-state index in [2.05, 4.69) is 27.0 Å². The third kappa shape index (κ3) is 6.11. The fourth-order valence-corrected chi connectivity index (χ4v) is 2.95. The largest absolute Gasteiger partial charge is 0.493 e. The number of aromatic amines is 1. The second-order valence-electron chi connectivity index (χ2n) is 6.96. The highest BCUT2D eigenvalue weighted by atomic mass is 16.5. The molecule has 1 unspecified atom stereocenters. The number of nitrogens with zero attached hydrogens (tertiary/aromatic N) is 2. The molecule has 32 heavy (non-hydrogen) atoms. The molecule has 0 aliphatic rings. The molecule has 3 aromatic rings. The van der Waals surface area contributed by atoms with Crippen molar-refractivity contribution >= 4 is 30.0 Å². The Balaban J connectivity index is 1.48. The predicted molar refractivity (Wildman–Crippen MR) is 119 cm³/mol. The van der Waals surface area contributed by atoms with Gasteiger partial charge in [-0.1, -0.05) is 0 Å². The number of ether oxygens (including phenoxy) is 1. The van der Waals surface area contributed by atoms with Crippen molar-refractivity contribution < 1.29 is 19.1 Å². The summed E-state index contributed by atoms with van der Waals surface area (Å²) in [6.45, 7) is 3.55. The zero-order chi connectivity index (χ0) is 22.9. The van der Waals surface area contributed by atoms with Crippen molar-refractivity contribution in [2.45, 2.75) is 18.9 Å². The van der Waals surface area contributed by atoms with Gasteiger partial charge in [-0.05, 0) is 55.2 Å². The average Bonchev–Trinajstić information content (AvgIpc) is 3.32. The highest BCUT2D eigenvalue weighted by Gasteiger charge is 2.19. The van der Waals surface area contributed by atoms with Crippen LogP contribution in [0.15, 0.2) is 66.0 Å². The summed E-state index contributed by atoms with van der Waals surface area (Å²) >= 11 is 0. The van der Waals surface area contributed by atoms with Gasteiger partial charge in [0.15, 0.2) is 5.78 Å². The number of H-pyrrole nitrogens is 1. The van der Waals surface area contributed by atoms with Crippen molar-refractivity contribution in [2.24, 2.45) is 10.7 Å². The summed E-state index contributed by atoms with van der Waals surface area (Å²) in [6, 6.07) is 12.6. The van der Waals surface area contributed by atoms with Crippen LogP contribution in [0, 0.1) is 0 Å². The molecule has 0 spiro atoms. The average molecular weight is 433 g/mol. The number of aliphatic imine (C=N–C) groups is 1. The number of ketones is 1. The van der Waals surface area contributed by atoms with Crippen LogP contribution in [0.1, 0.15) is 28.0 Å². The lowest BCUT2D eigenvalue weighted by Crippen LogP contribution is -2.46. The second kappa shape index (κ2) is 10.7. The molecule has 0 saturated carbocycles. The third-order valence-electron chi connectivity index (χ3n) is 4.68. The molecule has 0 aliphatic carbocycles. The fraction of sp³-hybridized carbons (Fsp3) is 0.174. The van der Waals surface area contributed by atoms with Crippen LogP contribution < -0.4 is 15.8 Å². The van der Waals surface area contributed by atoms with Gasteiger partial charge < -0.3 is 20.8 Å². The highest BCUT2D eigenvalue weighted by molar-refractivity contribution is 6.09. The maximum atomic E-state index is 12.5. The van der Waals surface area contributed by atoms with E-state index >= 15 is 0 Å². The first-order valence-electron chi connectivity index (χ1n) is 9.86. The smallest absolute Gasteiger partial charge is 0.240 e. The number of hydrogen-bond acceptors (Lipinski definition) is 6. The molecule has 0 aliphatic heterocycles. The first-order valence-corrected chi connectivity index (χ1v) is 9.86. The number of nitrogens with one attached hydrogen (secondary N) is 2. The van der Waals surface area contributed by atoms with Gasteiger partial charge in [0.05, 0.1) is 25.0 Å². The summed E-state index contributed by atoms with van der Waals surface area (Å²) < 4.78 is 5.57. The van der Waals surface area contributed by atoms with E-state index in [4.69, 9.17) is 10.5 Å². The zero-order valence-electron chi connectivity index (χ0n) is 17.3. The van der Waals surface area contributed by atoms with E-state index in [1.165, 1.54) is 6.33 Å². The molecule has 0 radical (unpaired) electrons. The monoisotopic (exact) mass is 433 g/mol. The Bertz CT molecular complexity index is 1080. The van der Waals surface area contributed by atoms with Gasteiger partial charge in [-0.25, -0.2) is 4.98 Å². The Labute approximate surface area is 184 Å². The standard InChI is InChI=1S/C23H23N5O4/c1-25-17-6-2-15(3-7-17)22(30)16-4-8-19(9-5-16)32-11-10-21(29)28-20(23(24)31)12-18-13-26-14-27-18/h2-9,13-14,20H,1,10-12H2,(H2,24,31)(H,26,27)(H,28,29). The van der Waals surface area contributed by atoms with Crippen molar-refractivity contribution in [3.05, 3.63) is 77.9 Å². The number of amides is 2. The molecule has 2 amide bonds. The van der Waals surface area contributed by atoms with E-state index < -0.39 is 11.9 Å². The van der Waals surface area contributed by atoms with Crippen LogP contribution in [0.3, 0.4) is 0 Å². The quantitative estimate of drug-likeness (QED) is 0.313. The fourth-order valence-electron chi connectivity index (χ4n) is 2.95. The predicted octanol–water partition coefficient (Wildman–Crippen LogP) is 1.95. The van der Waals surface area contributed by atoms with Crippen LogP contribution in [0.25, 0.3) is 0 Å². The van der Waals surface area contributed by atoms with E-state index in [0.717, 1.165) is 0 Å². The van der Waals surface area contributed by atoms with Gasteiger partial charge in [-0.3, -0.25) is 19.4 Å². The number of carbonyl (C=O) groups excluding carboxylic acids is 3. The molecule has 4 N–H and O–H groups in total. The molecule has 9 heteroatoms. The number of aromatic nitrogens is 2. The molecule has 1 heterocycles. The number of rotatable bonds is 11. The molecule has 1 atom stereocenters. The molecule has 2 aromatic carbocycles. The van der Waals surface area contributed by atoms with Crippen molar-refractivity contribution in [1.82, 2.24) is 15.3 Å². The minimum atomic E-state index is -0.843. The topological polar surface area (TPSA) is 140 Å². The SMILES string of the molecule is C=Nc1ccc(C(=O)c2ccc(OCCC(=O)NC(Cc3cnc[nH]3)C(N)=O)cc2)cc1. The summed E-state index contributed by atoms with van der Waals surface area (Å²) in [7, 11) is 0. The number of benzene rings is 2. The van der Waals surface area contributed by atoms with Gasteiger partial charge in [0, 0.05) is 29.4 Å². The maximum Gasteiger partial charge on any atom is 0.240 e. The highest BCUT2D eigenvalue weighted by Crippen LogP contribution is 2.18. The molecular weight excluding hydrogens is 410 g/mol. The van der Waals surface area contributed by atoms with Crippen molar-refractivity contribution in [1.29, 1.82) is 0 Å². The molecule has 164 valence electrons. The summed E-state index contributed by atoms with van der Waals surface area (Å²) in [6.07, 6.45) is 3.31. The first kappa shape index (κ1) is 22.4. The Morgan fingerprint density at radius 2 is 1.75 bits per heavy atom. The Kier molecular flexibility index (Phi) is 7.47. The minimum absolute atomic E-state index is 0.0388. The van der Waals surface area contributed by atoms with Crippen LogP contribution in [0.2, 0.25) is 0 Å². The van der Waals surface area contributed by atoms with Gasteiger partial charge >= 0.3 is 0 Å². The first-order chi connectivity index (χ1) is 15.5. The zero-order valence-corrected chi connectivity index (χ0v) is 17.3. The molecule has 3 rings (SSSR count). The normalized spacial score (nSPS) is 11.4. The van der Waals surface area contributed by atoms with E-state index in [-0.39, 0.29) is 31.1 Å². The van der Waals surface area contributed by atoms with Crippen LogP contribution in [-0.4, -0.2) is 46.9 Å². The molecular formula is C23H23N5O4. The Morgan fingerprint density at radius 3 is 2.31 bits per heavy atom. The number of carbonyl (C=O) groups is 3. The van der Waals surface area contributed by atoms with E-state index in [9.17, 15) is 14.4 Å². The van der Waals surface area contributed by atoms with Crippen LogP contribution in [0.4, 0.5) is 5.69 Å². The lowest BCUT2D eigenvalue weighted by atomic mass is 10.0. The number of primary amides is 1. The van der Waals surface area contributed by atoms with Gasteiger partial charge in [0.1, 0.15) is 11.8 Å².